The Hall–Kier alpha value is -0.620. The molecule has 1 aromatic rings. The van der Waals surface area contributed by atoms with Crippen LogP contribution in [0, 0.1) is 3.57 Å². The van der Waals surface area contributed by atoms with Crippen molar-refractivity contribution in [1.82, 2.24) is 4.90 Å². The highest BCUT2D eigenvalue weighted by atomic mass is 127. The van der Waals surface area contributed by atoms with Crippen LogP contribution in [0.15, 0.2) is 24.3 Å². The van der Waals surface area contributed by atoms with Crippen LogP contribution >= 0.6 is 22.6 Å². The highest BCUT2D eigenvalue weighted by Gasteiger charge is 2.21. The molecule has 1 atom stereocenters. The largest absolute Gasteiger partial charge is 0.376 e. The van der Waals surface area contributed by atoms with Crippen molar-refractivity contribution in [3.8, 4) is 0 Å². The highest BCUT2D eigenvalue weighted by molar-refractivity contribution is 14.1. The van der Waals surface area contributed by atoms with E-state index in [0.717, 1.165) is 28.6 Å². The van der Waals surface area contributed by atoms with Crippen molar-refractivity contribution in [1.29, 1.82) is 0 Å². The molecule has 1 amide bonds. The minimum Gasteiger partial charge on any atom is -0.376 e. The number of rotatable bonds is 3. The smallest absolute Gasteiger partial charge is 0.254 e. The van der Waals surface area contributed by atoms with Crippen molar-refractivity contribution in [3.05, 3.63) is 33.4 Å². The lowest BCUT2D eigenvalue weighted by Gasteiger charge is -2.21. The Balaban J connectivity index is 2.01. The third-order valence-corrected chi connectivity index (χ3v) is 3.89. The normalized spacial score (nSPS) is 19.3. The van der Waals surface area contributed by atoms with E-state index in [2.05, 4.69) is 22.6 Å². The van der Waals surface area contributed by atoms with Crippen LogP contribution in [-0.2, 0) is 4.74 Å². The van der Waals surface area contributed by atoms with Crippen LogP contribution in [0.2, 0.25) is 0 Å². The third kappa shape index (κ3) is 3.19. The molecule has 3 nitrogen and oxygen atoms in total. The summed E-state index contributed by atoms with van der Waals surface area (Å²) >= 11 is 2.19. The number of carbonyl (C=O) groups excluding carboxylic acids is 1. The maximum Gasteiger partial charge on any atom is 0.254 e. The Morgan fingerprint density at radius 1 is 1.53 bits per heavy atom. The van der Waals surface area contributed by atoms with Gasteiger partial charge in [0.2, 0.25) is 0 Å². The summed E-state index contributed by atoms with van der Waals surface area (Å²) in [5.74, 6) is 0.0745. The first-order valence-corrected chi connectivity index (χ1v) is 6.88. The maximum absolute atomic E-state index is 12.2. The number of benzene rings is 1. The summed E-state index contributed by atoms with van der Waals surface area (Å²) in [5.41, 5.74) is 0.772. The van der Waals surface area contributed by atoms with Gasteiger partial charge in [0.1, 0.15) is 0 Å². The van der Waals surface area contributed by atoms with Gasteiger partial charge in [0.05, 0.1) is 11.7 Å². The van der Waals surface area contributed by atoms with Crippen LogP contribution in [0.3, 0.4) is 0 Å². The fraction of sp³-hybridized carbons (Fsp3) is 0.462. The van der Waals surface area contributed by atoms with E-state index in [0.29, 0.717) is 6.54 Å². The molecule has 0 N–H and O–H groups in total. The Bertz CT molecular complexity index is 402. The molecule has 0 spiro atoms. The van der Waals surface area contributed by atoms with Gasteiger partial charge in [0, 0.05) is 23.8 Å². The molecule has 0 aromatic heterocycles. The van der Waals surface area contributed by atoms with Crippen LogP contribution in [0.4, 0.5) is 0 Å². The summed E-state index contributed by atoms with van der Waals surface area (Å²) in [5, 5.41) is 0. The minimum atomic E-state index is 0.0745. The lowest BCUT2D eigenvalue weighted by atomic mass is 10.2. The lowest BCUT2D eigenvalue weighted by molar-refractivity contribution is 0.0586. The molecule has 4 heteroatoms. The second kappa shape index (κ2) is 5.82. The quantitative estimate of drug-likeness (QED) is 0.788. The average molecular weight is 345 g/mol. The summed E-state index contributed by atoms with van der Waals surface area (Å²) < 4.78 is 6.54. The molecular weight excluding hydrogens is 329 g/mol. The first kappa shape index (κ1) is 12.8. The van der Waals surface area contributed by atoms with Gasteiger partial charge in [-0.3, -0.25) is 4.79 Å². The van der Waals surface area contributed by atoms with Crippen molar-refractivity contribution >= 4 is 28.5 Å². The average Bonchev–Trinajstić information content (AvgIpc) is 2.81. The SMILES string of the molecule is CN(CC1CCCO1)C(=O)c1ccccc1I. The zero-order valence-electron chi connectivity index (χ0n) is 9.86. The zero-order valence-corrected chi connectivity index (χ0v) is 12.0. The molecule has 1 saturated heterocycles. The van der Waals surface area contributed by atoms with Crippen molar-refractivity contribution in [3.63, 3.8) is 0 Å². The fourth-order valence-electron chi connectivity index (χ4n) is 2.02. The zero-order chi connectivity index (χ0) is 12.3. The molecule has 1 aromatic carbocycles. The van der Waals surface area contributed by atoms with Gasteiger partial charge in [-0.05, 0) is 47.6 Å². The Labute approximate surface area is 115 Å². The van der Waals surface area contributed by atoms with Crippen molar-refractivity contribution in [2.45, 2.75) is 18.9 Å². The number of halogens is 1. The standard InChI is InChI=1S/C13H16INO2/c1-15(9-10-5-4-8-17-10)13(16)11-6-2-3-7-12(11)14/h2-3,6-7,10H,4-5,8-9H2,1H3. The molecule has 0 saturated carbocycles. The summed E-state index contributed by atoms with van der Waals surface area (Å²) in [4.78, 5) is 14.0. The van der Waals surface area contributed by atoms with Gasteiger partial charge in [-0.25, -0.2) is 0 Å². The highest BCUT2D eigenvalue weighted by Crippen LogP contribution is 2.16. The van der Waals surface area contributed by atoms with E-state index in [-0.39, 0.29) is 12.0 Å². The molecule has 1 aliphatic heterocycles. The van der Waals surface area contributed by atoms with E-state index in [4.69, 9.17) is 4.74 Å². The summed E-state index contributed by atoms with van der Waals surface area (Å²) in [6, 6.07) is 7.66. The molecule has 17 heavy (non-hydrogen) atoms. The van der Waals surface area contributed by atoms with Crippen LogP contribution in [-0.4, -0.2) is 37.1 Å². The monoisotopic (exact) mass is 345 g/mol. The van der Waals surface area contributed by atoms with Gasteiger partial charge in [0.15, 0.2) is 0 Å². The molecule has 1 aliphatic rings. The van der Waals surface area contributed by atoms with Crippen LogP contribution in [0.1, 0.15) is 23.2 Å². The van der Waals surface area contributed by atoms with Crippen molar-refractivity contribution < 1.29 is 9.53 Å². The topological polar surface area (TPSA) is 29.5 Å². The number of hydrogen-bond donors (Lipinski definition) is 0. The van der Waals surface area contributed by atoms with Crippen molar-refractivity contribution in [2.75, 3.05) is 20.2 Å². The Morgan fingerprint density at radius 2 is 2.29 bits per heavy atom. The molecule has 92 valence electrons. The number of amides is 1. The number of likely N-dealkylation sites (N-methyl/N-ethyl adjacent to an activating group) is 1. The molecular formula is C13H16INO2. The predicted molar refractivity (Wildman–Crippen MR) is 75.1 cm³/mol. The molecule has 0 radical (unpaired) electrons. The summed E-state index contributed by atoms with van der Waals surface area (Å²) in [6.45, 7) is 1.51. The summed E-state index contributed by atoms with van der Waals surface area (Å²) in [7, 11) is 1.84. The van der Waals surface area contributed by atoms with E-state index in [9.17, 15) is 4.79 Å². The number of ether oxygens (including phenoxy) is 1. The van der Waals surface area contributed by atoms with Crippen LogP contribution < -0.4 is 0 Å². The van der Waals surface area contributed by atoms with Gasteiger partial charge >= 0.3 is 0 Å². The van der Waals surface area contributed by atoms with E-state index < -0.39 is 0 Å². The van der Waals surface area contributed by atoms with Gasteiger partial charge in [-0.15, -0.1) is 0 Å². The second-order valence-electron chi connectivity index (χ2n) is 4.30. The van der Waals surface area contributed by atoms with Crippen LogP contribution in [0.25, 0.3) is 0 Å². The van der Waals surface area contributed by atoms with Crippen molar-refractivity contribution in [2.24, 2.45) is 0 Å². The summed E-state index contributed by atoms with van der Waals surface area (Å²) in [6.07, 6.45) is 2.38. The first-order valence-electron chi connectivity index (χ1n) is 5.80. The molecule has 0 bridgehead atoms. The Kier molecular flexibility index (Phi) is 4.39. The third-order valence-electron chi connectivity index (χ3n) is 2.95. The number of nitrogens with zero attached hydrogens (tertiary/aromatic N) is 1. The van der Waals surface area contributed by atoms with E-state index >= 15 is 0 Å². The number of carbonyl (C=O) groups is 1. The predicted octanol–water partition coefficient (Wildman–Crippen LogP) is 2.54. The number of hydrogen-bond acceptors (Lipinski definition) is 2. The van der Waals surface area contributed by atoms with Gasteiger partial charge < -0.3 is 9.64 Å². The fourth-order valence-corrected chi connectivity index (χ4v) is 2.64. The molecule has 2 rings (SSSR count). The maximum atomic E-state index is 12.2. The second-order valence-corrected chi connectivity index (χ2v) is 5.46. The van der Waals surface area contributed by atoms with E-state index in [1.807, 2.05) is 31.3 Å². The van der Waals surface area contributed by atoms with E-state index in [1.54, 1.807) is 4.90 Å². The van der Waals surface area contributed by atoms with Gasteiger partial charge in [-0.2, -0.15) is 0 Å². The molecule has 1 heterocycles. The molecule has 1 fully saturated rings. The van der Waals surface area contributed by atoms with Gasteiger partial charge in [-0.1, -0.05) is 12.1 Å². The first-order chi connectivity index (χ1) is 8.18. The van der Waals surface area contributed by atoms with Crippen LogP contribution in [0.5, 0.6) is 0 Å². The lowest BCUT2D eigenvalue weighted by Crippen LogP contribution is -2.34. The Morgan fingerprint density at radius 3 is 2.94 bits per heavy atom. The molecule has 0 aliphatic carbocycles. The molecule has 1 unspecified atom stereocenters. The van der Waals surface area contributed by atoms with Gasteiger partial charge in [0.25, 0.3) is 5.91 Å². The minimum absolute atomic E-state index is 0.0745. The van der Waals surface area contributed by atoms with E-state index in [1.165, 1.54) is 0 Å².